The highest BCUT2D eigenvalue weighted by Gasteiger charge is 2.08. The van der Waals surface area contributed by atoms with E-state index in [0.29, 0.717) is 17.3 Å². The van der Waals surface area contributed by atoms with Gasteiger partial charge in [-0.15, -0.1) is 0 Å². The van der Waals surface area contributed by atoms with Crippen LogP contribution in [-0.2, 0) is 6.54 Å². The molecule has 0 spiro atoms. The van der Waals surface area contributed by atoms with Gasteiger partial charge in [-0.3, -0.25) is 14.8 Å². The van der Waals surface area contributed by atoms with Crippen molar-refractivity contribution in [1.82, 2.24) is 15.3 Å². The summed E-state index contributed by atoms with van der Waals surface area (Å²) in [6.07, 6.45) is 3.25. The molecule has 0 bridgehead atoms. The quantitative estimate of drug-likeness (QED) is 0.807. The summed E-state index contributed by atoms with van der Waals surface area (Å²) in [4.78, 5) is 20.4. The predicted octanol–water partition coefficient (Wildman–Crippen LogP) is 3.21. The summed E-state index contributed by atoms with van der Waals surface area (Å²) in [6.45, 7) is 0.390. The zero-order valence-corrected chi connectivity index (χ0v) is 11.8. The Labute approximate surface area is 126 Å². The topological polar surface area (TPSA) is 54.9 Å². The first-order valence-electron chi connectivity index (χ1n) is 6.46. The molecule has 2 aromatic heterocycles. The molecule has 0 radical (unpaired) electrons. The third-order valence-electron chi connectivity index (χ3n) is 3.11. The van der Waals surface area contributed by atoms with Crippen LogP contribution in [0.15, 0.2) is 54.9 Å². The fraction of sp³-hybridized carbons (Fsp3) is 0.0625. The second kappa shape index (κ2) is 5.89. The molecule has 0 atom stereocenters. The van der Waals surface area contributed by atoms with Crippen molar-refractivity contribution in [1.29, 1.82) is 0 Å². The van der Waals surface area contributed by atoms with Crippen LogP contribution in [0.2, 0.25) is 5.02 Å². The molecule has 1 aromatic carbocycles. The molecular formula is C16H12ClN3O. The fourth-order valence-corrected chi connectivity index (χ4v) is 2.26. The molecule has 0 unspecified atom stereocenters. The number of para-hydroxylation sites is 1. The Morgan fingerprint density at radius 3 is 2.81 bits per heavy atom. The van der Waals surface area contributed by atoms with E-state index in [-0.39, 0.29) is 5.91 Å². The van der Waals surface area contributed by atoms with Gasteiger partial charge in [-0.1, -0.05) is 35.9 Å². The van der Waals surface area contributed by atoms with Crippen LogP contribution in [0.25, 0.3) is 10.9 Å². The van der Waals surface area contributed by atoms with Crippen molar-refractivity contribution in [3.05, 3.63) is 71.1 Å². The van der Waals surface area contributed by atoms with Crippen LogP contribution in [0, 0.1) is 0 Å². The summed E-state index contributed by atoms with van der Waals surface area (Å²) in [5, 5.41) is 4.37. The van der Waals surface area contributed by atoms with Crippen LogP contribution < -0.4 is 5.32 Å². The summed E-state index contributed by atoms with van der Waals surface area (Å²) < 4.78 is 0. The number of amides is 1. The molecule has 0 saturated heterocycles. The maximum atomic E-state index is 12.1. The highest BCUT2D eigenvalue weighted by atomic mass is 35.5. The number of hydrogen-bond donors (Lipinski definition) is 1. The Kier molecular flexibility index (Phi) is 3.79. The number of nitrogens with zero attached hydrogens (tertiary/aromatic N) is 2. The Morgan fingerprint density at radius 2 is 1.95 bits per heavy atom. The van der Waals surface area contributed by atoms with Crippen LogP contribution in [0.3, 0.4) is 0 Å². The molecule has 3 rings (SSSR count). The van der Waals surface area contributed by atoms with E-state index in [9.17, 15) is 4.79 Å². The minimum absolute atomic E-state index is 0.259. The minimum atomic E-state index is -0.259. The van der Waals surface area contributed by atoms with E-state index >= 15 is 0 Å². The molecule has 0 aliphatic carbocycles. The smallest absolute Gasteiger partial charge is 0.270 e. The number of hydrogen-bond acceptors (Lipinski definition) is 3. The maximum Gasteiger partial charge on any atom is 0.270 e. The average Bonchev–Trinajstić information content (AvgIpc) is 2.52. The first-order valence-corrected chi connectivity index (χ1v) is 6.84. The van der Waals surface area contributed by atoms with E-state index in [2.05, 4.69) is 15.3 Å². The highest BCUT2D eigenvalue weighted by Crippen LogP contribution is 2.16. The van der Waals surface area contributed by atoms with Crippen molar-refractivity contribution in [3.8, 4) is 0 Å². The van der Waals surface area contributed by atoms with Crippen LogP contribution in [0.5, 0.6) is 0 Å². The largest absolute Gasteiger partial charge is 0.347 e. The van der Waals surface area contributed by atoms with Gasteiger partial charge in [0.15, 0.2) is 0 Å². The van der Waals surface area contributed by atoms with E-state index in [1.807, 2.05) is 30.3 Å². The summed E-state index contributed by atoms with van der Waals surface area (Å²) in [6, 6.07) is 12.9. The Hall–Kier alpha value is -2.46. The first kappa shape index (κ1) is 13.5. The molecule has 0 saturated carbocycles. The lowest BCUT2D eigenvalue weighted by atomic mass is 10.1. The molecule has 1 amide bonds. The van der Waals surface area contributed by atoms with Crippen molar-refractivity contribution in [3.63, 3.8) is 0 Å². The molecule has 0 aliphatic rings. The van der Waals surface area contributed by atoms with E-state index in [4.69, 9.17) is 11.6 Å². The molecular weight excluding hydrogens is 286 g/mol. The van der Waals surface area contributed by atoms with Gasteiger partial charge in [0.2, 0.25) is 0 Å². The zero-order chi connectivity index (χ0) is 14.7. The number of fused-ring (bicyclic) bond motifs is 1. The van der Waals surface area contributed by atoms with Crippen molar-refractivity contribution in [2.24, 2.45) is 0 Å². The Balaban J connectivity index is 1.79. The van der Waals surface area contributed by atoms with Crippen LogP contribution >= 0.6 is 11.6 Å². The first-order chi connectivity index (χ1) is 10.2. The third kappa shape index (κ3) is 3.01. The van der Waals surface area contributed by atoms with Crippen LogP contribution in [-0.4, -0.2) is 15.9 Å². The lowest BCUT2D eigenvalue weighted by Gasteiger charge is -2.07. The normalized spacial score (nSPS) is 10.5. The Morgan fingerprint density at radius 1 is 1.10 bits per heavy atom. The zero-order valence-electron chi connectivity index (χ0n) is 11.1. The molecule has 3 aromatic rings. The number of benzene rings is 1. The van der Waals surface area contributed by atoms with Crippen molar-refractivity contribution in [2.45, 2.75) is 6.54 Å². The molecule has 0 aliphatic heterocycles. The predicted molar refractivity (Wildman–Crippen MR) is 82.2 cm³/mol. The molecule has 21 heavy (non-hydrogen) atoms. The second-order valence-electron chi connectivity index (χ2n) is 4.53. The highest BCUT2D eigenvalue weighted by molar-refractivity contribution is 6.30. The van der Waals surface area contributed by atoms with Crippen LogP contribution in [0.1, 0.15) is 16.1 Å². The fourth-order valence-electron chi connectivity index (χ4n) is 2.11. The van der Waals surface area contributed by atoms with E-state index in [1.165, 1.54) is 12.3 Å². The summed E-state index contributed by atoms with van der Waals surface area (Å²) in [5.41, 5.74) is 2.15. The number of halogens is 1. The maximum absolute atomic E-state index is 12.1. The summed E-state index contributed by atoms with van der Waals surface area (Å²) in [5.74, 6) is -0.259. The second-order valence-corrected chi connectivity index (χ2v) is 4.97. The number of pyridine rings is 2. The molecule has 1 N–H and O–H groups in total. The van der Waals surface area contributed by atoms with E-state index in [1.54, 1.807) is 12.3 Å². The molecule has 4 nitrogen and oxygen atoms in total. The van der Waals surface area contributed by atoms with Gasteiger partial charge in [0.25, 0.3) is 5.91 Å². The summed E-state index contributed by atoms with van der Waals surface area (Å²) >= 11 is 5.85. The van der Waals surface area contributed by atoms with Crippen molar-refractivity contribution >= 4 is 28.4 Å². The van der Waals surface area contributed by atoms with E-state index in [0.717, 1.165) is 16.5 Å². The number of rotatable bonds is 3. The van der Waals surface area contributed by atoms with Gasteiger partial charge in [-0.25, -0.2) is 0 Å². The van der Waals surface area contributed by atoms with Gasteiger partial charge < -0.3 is 5.32 Å². The number of nitrogens with one attached hydrogen (secondary N) is 1. The van der Waals surface area contributed by atoms with Gasteiger partial charge in [-0.2, -0.15) is 0 Å². The number of aromatic nitrogens is 2. The third-order valence-corrected chi connectivity index (χ3v) is 3.35. The van der Waals surface area contributed by atoms with Gasteiger partial charge in [0, 0.05) is 29.3 Å². The van der Waals surface area contributed by atoms with E-state index < -0.39 is 0 Å². The average molecular weight is 298 g/mol. The van der Waals surface area contributed by atoms with Gasteiger partial charge in [0.05, 0.1) is 5.52 Å². The lowest BCUT2D eigenvalue weighted by molar-refractivity contribution is 0.0946. The molecule has 0 fully saturated rings. The van der Waals surface area contributed by atoms with Crippen LogP contribution in [0.4, 0.5) is 0 Å². The number of carbonyl (C=O) groups is 1. The molecule has 5 heteroatoms. The monoisotopic (exact) mass is 297 g/mol. The standard InChI is InChI=1S/C16H12ClN3O/c17-13-6-8-18-14(9-13)16(21)20-10-12-4-1-3-11-5-2-7-19-15(11)12/h1-9H,10H2,(H,20,21). The van der Waals surface area contributed by atoms with Gasteiger partial charge in [-0.05, 0) is 23.8 Å². The van der Waals surface area contributed by atoms with Crippen molar-refractivity contribution in [2.75, 3.05) is 0 Å². The minimum Gasteiger partial charge on any atom is -0.347 e. The molecule has 2 heterocycles. The Bertz CT molecular complexity index is 799. The molecule has 104 valence electrons. The number of carbonyl (C=O) groups excluding carboxylic acids is 1. The SMILES string of the molecule is O=C(NCc1cccc2cccnc12)c1cc(Cl)ccn1. The van der Waals surface area contributed by atoms with Gasteiger partial charge >= 0.3 is 0 Å². The summed E-state index contributed by atoms with van der Waals surface area (Å²) in [7, 11) is 0. The van der Waals surface area contributed by atoms with Gasteiger partial charge in [0.1, 0.15) is 5.69 Å². The van der Waals surface area contributed by atoms with Crippen molar-refractivity contribution < 1.29 is 4.79 Å². The lowest BCUT2D eigenvalue weighted by Crippen LogP contribution is -2.23.